The van der Waals surface area contributed by atoms with Crippen LogP contribution in [0.25, 0.3) is 0 Å². The van der Waals surface area contributed by atoms with E-state index in [9.17, 15) is 29.5 Å². The van der Waals surface area contributed by atoms with Gasteiger partial charge in [-0.1, -0.05) is 105 Å². The highest BCUT2D eigenvalue weighted by molar-refractivity contribution is 6.31. The number of carbonyl (C=O) groups is 4. The van der Waals surface area contributed by atoms with Crippen molar-refractivity contribution in [3.05, 3.63) is 88.1 Å². The second kappa shape index (κ2) is 20.5. The number of aliphatic hydroxyl groups is 1. The van der Waals surface area contributed by atoms with Crippen LogP contribution in [0.4, 0.5) is 5.82 Å². The first-order chi connectivity index (χ1) is 31.4. The SMILES string of the molecule is CC(C)(C)c1ccc(CNC(=O)[C@@H]2C[C@@H](O)CN2C(=O)[C@@H](NC(=O)COCCN2CCN(c3ccc(C(=O)N[C@H]4C(C)(C)[C@H](Oc5ccc(C#N)c(Cl)c5)C4(C)C)cn3)CC2)C(C)(C)C)cc1. The number of likely N-dealkylation sites (tertiary alicyclic amines) is 1. The fraction of sp³-hybridized carbons (Fsp3) is 0.569. The maximum absolute atomic E-state index is 14.0. The first-order valence-corrected chi connectivity index (χ1v) is 23.6. The molecule has 362 valence electrons. The molecule has 2 aromatic carbocycles. The summed E-state index contributed by atoms with van der Waals surface area (Å²) in [6.07, 6.45) is 0.645. The number of aliphatic hydroxyl groups excluding tert-OH is 1. The van der Waals surface area contributed by atoms with Crippen molar-refractivity contribution < 1.29 is 33.8 Å². The van der Waals surface area contributed by atoms with Crippen LogP contribution >= 0.6 is 11.6 Å². The minimum atomic E-state index is -0.947. The first kappa shape index (κ1) is 51.1. The molecule has 2 aliphatic heterocycles. The van der Waals surface area contributed by atoms with Gasteiger partial charge in [-0.15, -0.1) is 0 Å². The third-order valence-corrected chi connectivity index (χ3v) is 13.8. The predicted molar refractivity (Wildman–Crippen MR) is 258 cm³/mol. The van der Waals surface area contributed by atoms with Gasteiger partial charge < -0.3 is 40.3 Å². The molecule has 67 heavy (non-hydrogen) atoms. The molecule has 0 spiro atoms. The van der Waals surface area contributed by atoms with Crippen LogP contribution in [-0.2, 0) is 31.1 Å². The molecule has 3 fully saturated rings. The van der Waals surface area contributed by atoms with E-state index >= 15 is 0 Å². The Hall–Kier alpha value is -5.27. The number of hydrogen-bond acceptors (Lipinski definition) is 11. The van der Waals surface area contributed by atoms with E-state index in [0.29, 0.717) is 35.1 Å². The van der Waals surface area contributed by atoms with Crippen LogP contribution in [0.5, 0.6) is 5.75 Å². The highest BCUT2D eigenvalue weighted by atomic mass is 35.5. The molecular formula is C51H69ClN8O7. The van der Waals surface area contributed by atoms with Crippen molar-refractivity contribution in [3.8, 4) is 11.8 Å². The van der Waals surface area contributed by atoms with Crippen molar-refractivity contribution in [2.24, 2.45) is 16.2 Å². The van der Waals surface area contributed by atoms with E-state index in [1.807, 2.05) is 51.1 Å². The second-order valence-corrected chi connectivity index (χ2v) is 21.9. The van der Waals surface area contributed by atoms with Gasteiger partial charge in [-0.25, -0.2) is 4.98 Å². The summed E-state index contributed by atoms with van der Waals surface area (Å²) in [7, 11) is 0. The number of anilines is 1. The number of ether oxygens (including phenoxy) is 2. The maximum atomic E-state index is 14.0. The second-order valence-electron chi connectivity index (χ2n) is 21.5. The zero-order valence-electron chi connectivity index (χ0n) is 40.7. The van der Waals surface area contributed by atoms with Crippen LogP contribution in [0, 0.1) is 27.6 Å². The predicted octanol–water partition coefficient (Wildman–Crippen LogP) is 5.46. The lowest BCUT2D eigenvalue weighted by atomic mass is 9.49. The van der Waals surface area contributed by atoms with Gasteiger partial charge in [0.1, 0.15) is 42.4 Å². The van der Waals surface area contributed by atoms with Gasteiger partial charge in [-0.3, -0.25) is 24.1 Å². The number of piperazine rings is 1. The van der Waals surface area contributed by atoms with E-state index in [1.54, 1.807) is 30.5 Å². The Morgan fingerprint density at radius 3 is 2.21 bits per heavy atom. The zero-order chi connectivity index (χ0) is 49.1. The molecule has 3 atom stereocenters. The number of amides is 4. The number of nitriles is 1. The lowest BCUT2D eigenvalue weighted by Crippen LogP contribution is -2.74. The Labute approximate surface area is 400 Å². The van der Waals surface area contributed by atoms with E-state index in [4.69, 9.17) is 21.1 Å². The molecule has 3 aliphatic rings. The van der Waals surface area contributed by atoms with Gasteiger partial charge in [-0.05, 0) is 46.2 Å². The highest BCUT2D eigenvalue weighted by Gasteiger charge is 2.64. The van der Waals surface area contributed by atoms with Crippen LogP contribution in [-0.4, -0.2) is 126 Å². The molecule has 3 aromatic rings. The minimum absolute atomic E-state index is 0.00211. The van der Waals surface area contributed by atoms with Crippen LogP contribution in [0.1, 0.15) is 103 Å². The summed E-state index contributed by atoms with van der Waals surface area (Å²) < 4.78 is 12.1. The lowest BCUT2D eigenvalue weighted by Gasteiger charge is -2.63. The topological polar surface area (TPSA) is 189 Å². The highest BCUT2D eigenvalue weighted by Crippen LogP contribution is 2.55. The summed E-state index contributed by atoms with van der Waals surface area (Å²) in [5.74, 6) is -0.0712. The van der Waals surface area contributed by atoms with Crippen molar-refractivity contribution in [2.75, 3.05) is 57.4 Å². The average Bonchev–Trinajstić information content (AvgIpc) is 3.68. The number of pyridine rings is 1. The maximum Gasteiger partial charge on any atom is 0.253 e. The fourth-order valence-corrected chi connectivity index (χ4v) is 10.0. The Kier molecular flexibility index (Phi) is 15.7. The minimum Gasteiger partial charge on any atom is -0.489 e. The van der Waals surface area contributed by atoms with Crippen molar-refractivity contribution in [1.82, 2.24) is 30.7 Å². The number of benzene rings is 2. The summed E-state index contributed by atoms with van der Waals surface area (Å²) in [6, 6.07) is 16.8. The van der Waals surface area contributed by atoms with Gasteiger partial charge >= 0.3 is 0 Å². The number of hydrogen-bond donors (Lipinski definition) is 4. The van der Waals surface area contributed by atoms with Crippen LogP contribution in [0.3, 0.4) is 0 Å². The summed E-state index contributed by atoms with van der Waals surface area (Å²) in [5, 5.41) is 29.1. The van der Waals surface area contributed by atoms with E-state index in [0.717, 1.165) is 37.6 Å². The number of rotatable bonds is 15. The third kappa shape index (κ3) is 12.1. The number of β-amino-alcohol motifs (C(OH)–C–C–N with tert-alkyl or cyclic N) is 1. The van der Waals surface area contributed by atoms with Crippen molar-refractivity contribution in [3.63, 3.8) is 0 Å². The summed E-state index contributed by atoms with van der Waals surface area (Å²) in [6.45, 7) is 24.1. The largest absolute Gasteiger partial charge is 0.489 e. The number of carbonyl (C=O) groups excluding carboxylic acids is 4. The Morgan fingerprint density at radius 2 is 1.63 bits per heavy atom. The molecule has 3 heterocycles. The standard InChI is InChI=1S/C51H69ClN8O7/c1-48(2,3)35-15-11-32(12-16-35)28-55-44(64)39-25-36(61)30-60(39)45(65)42(49(4,5)6)56-41(62)31-66-24-23-58-19-21-59(22-20-58)40-18-14-34(29-54-40)43(63)57-46-50(7,8)47(51(46,9)10)67-37-17-13-33(27-53)38(52)26-37/h11-18,26,29,36,39,42,46-47,61H,19-25,28,30-31H2,1-10H3,(H,55,64)(H,56,62)(H,57,63)/t36-,39+,42-,46-,47-/m1/s1. The number of nitrogens with zero attached hydrogens (tertiary/aromatic N) is 5. The molecular weight excluding hydrogens is 872 g/mol. The smallest absolute Gasteiger partial charge is 0.253 e. The normalized spacial score (nSPS) is 22.0. The zero-order valence-corrected chi connectivity index (χ0v) is 41.5. The Bertz CT molecular complexity index is 2280. The van der Waals surface area contributed by atoms with E-state index in [-0.39, 0.29) is 55.5 Å². The summed E-state index contributed by atoms with van der Waals surface area (Å²) in [5.41, 5.74) is 1.49. The molecule has 0 bridgehead atoms. The molecule has 1 saturated carbocycles. The van der Waals surface area contributed by atoms with Crippen molar-refractivity contribution in [2.45, 2.75) is 118 Å². The molecule has 6 rings (SSSR count). The van der Waals surface area contributed by atoms with E-state index in [1.165, 1.54) is 10.5 Å². The van der Waals surface area contributed by atoms with Crippen LogP contribution in [0.15, 0.2) is 60.8 Å². The number of aromatic nitrogens is 1. The van der Waals surface area contributed by atoms with E-state index < -0.39 is 46.2 Å². The number of halogens is 1. The number of nitrogens with one attached hydrogen (secondary N) is 3. The van der Waals surface area contributed by atoms with Crippen LogP contribution in [0.2, 0.25) is 5.02 Å². The molecule has 4 N–H and O–H groups in total. The molecule has 16 heteroatoms. The van der Waals surface area contributed by atoms with Gasteiger partial charge in [-0.2, -0.15) is 5.26 Å². The van der Waals surface area contributed by atoms with Gasteiger partial charge in [0, 0.05) is 81.4 Å². The molecule has 2 saturated heterocycles. The average molecular weight is 942 g/mol. The quantitative estimate of drug-likeness (QED) is 0.142. The lowest BCUT2D eigenvalue weighted by molar-refractivity contribution is -0.164. The summed E-state index contributed by atoms with van der Waals surface area (Å²) in [4.78, 5) is 64.5. The first-order valence-electron chi connectivity index (χ1n) is 23.2. The molecule has 0 radical (unpaired) electrons. The molecule has 1 aliphatic carbocycles. The fourth-order valence-electron chi connectivity index (χ4n) is 9.83. The summed E-state index contributed by atoms with van der Waals surface area (Å²) >= 11 is 6.25. The molecule has 15 nitrogen and oxygen atoms in total. The Balaban J connectivity index is 0.917. The van der Waals surface area contributed by atoms with Gasteiger partial charge in [0.25, 0.3) is 5.91 Å². The van der Waals surface area contributed by atoms with Crippen LogP contribution < -0.4 is 25.6 Å². The monoisotopic (exact) mass is 940 g/mol. The molecule has 1 aromatic heterocycles. The molecule has 0 unspecified atom stereocenters. The van der Waals surface area contributed by atoms with Gasteiger partial charge in [0.15, 0.2) is 0 Å². The Morgan fingerprint density at radius 1 is 0.955 bits per heavy atom. The van der Waals surface area contributed by atoms with Gasteiger partial charge in [0.2, 0.25) is 17.7 Å². The van der Waals surface area contributed by atoms with Crippen molar-refractivity contribution in [1.29, 1.82) is 5.26 Å². The van der Waals surface area contributed by atoms with Crippen molar-refractivity contribution >= 4 is 41.0 Å². The molecule has 4 amide bonds. The third-order valence-electron chi connectivity index (χ3n) is 13.5. The van der Waals surface area contributed by atoms with Gasteiger partial charge in [0.05, 0.1) is 28.9 Å². The van der Waals surface area contributed by atoms with E-state index in [2.05, 4.69) is 85.3 Å².